The highest BCUT2D eigenvalue weighted by molar-refractivity contribution is 7.92. The first-order valence-corrected chi connectivity index (χ1v) is 14.4. The third kappa shape index (κ3) is 7.79. The van der Waals surface area contributed by atoms with Gasteiger partial charge in [0.15, 0.2) is 0 Å². The Morgan fingerprint density at radius 1 is 0.860 bits per heavy atom. The van der Waals surface area contributed by atoms with Gasteiger partial charge < -0.3 is 5.32 Å². The first-order valence-electron chi connectivity index (χ1n) is 12.6. The molecule has 0 aliphatic heterocycles. The van der Waals surface area contributed by atoms with E-state index in [-0.39, 0.29) is 15.8 Å². The third-order valence-corrected chi connectivity index (χ3v) is 8.20. The maximum atomic E-state index is 13.5. The average Bonchev–Trinajstić information content (AvgIpc) is 2.99. The smallest absolute Gasteiger partial charge is 0.322 e. The number of anilines is 2. The van der Waals surface area contributed by atoms with E-state index in [0.717, 1.165) is 6.07 Å². The molecule has 0 spiro atoms. The van der Waals surface area contributed by atoms with Crippen molar-refractivity contribution in [3.8, 4) is 0 Å². The number of nitrogens with one attached hydrogen (secondary N) is 2. The highest BCUT2D eigenvalue weighted by atomic mass is 35.5. The third-order valence-electron chi connectivity index (χ3n) is 6.11. The minimum atomic E-state index is -4.79. The molecular weight excluding hydrogens is 605 g/mol. The Labute approximate surface area is 250 Å². The Balaban J connectivity index is 1.53. The van der Waals surface area contributed by atoms with Gasteiger partial charge in [-0.3, -0.25) is 13.9 Å². The van der Waals surface area contributed by atoms with Crippen LogP contribution in [0.2, 0.25) is 5.02 Å². The number of halogens is 4. The van der Waals surface area contributed by atoms with Crippen molar-refractivity contribution in [2.75, 3.05) is 16.2 Å². The van der Waals surface area contributed by atoms with Gasteiger partial charge in [-0.1, -0.05) is 60.1 Å². The monoisotopic (exact) mass is 628 g/mol. The second kappa shape index (κ2) is 13.1. The van der Waals surface area contributed by atoms with Gasteiger partial charge in [0.1, 0.15) is 6.54 Å². The molecule has 0 heterocycles. The van der Waals surface area contributed by atoms with Gasteiger partial charge >= 0.3 is 6.18 Å². The Kier molecular flexibility index (Phi) is 9.52. The Morgan fingerprint density at radius 3 is 2.07 bits per heavy atom. The summed E-state index contributed by atoms with van der Waals surface area (Å²) in [7, 11) is -4.52. The molecule has 0 aliphatic carbocycles. The zero-order chi connectivity index (χ0) is 31.2. The van der Waals surface area contributed by atoms with Crippen molar-refractivity contribution in [2.45, 2.75) is 18.0 Å². The van der Waals surface area contributed by atoms with Gasteiger partial charge in [-0.05, 0) is 67.1 Å². The SMILES string of the molecule is C/C(=N/NC(=O)CN(c1cc(C(F)(F)F)ccc1Cl)S(=O)(=O)c1ccccc1)c1ccc(NC(=O)c2ccccc2)cc1. The molecule has 4 aromatic carbocycles. The maximum absolute atomic E-state index is 13.5. The molecule has 13 heteroatoms. The van der Waals surface area contributed by atoms with E-state index in [0.29, 0.717) is 39.0 Å². The van der Waals surface area contributed by atoms with E-state index >= 15 is 0 Å². The number of alkyl halides is 3. The van der Waals surface area contributed by atoms with Crippen LogP contribution in [0.25, 0.3) is 0 Å². The normalized spacial score (nSPS) is 12.0. The molecule has 0 bridgehead atoms. The summed E-state index contributed by atoms with van der Waals surface area (Å²) in [6.45, 7) is 0.666. The highest BCUT2D eigenvalue weighted by Gasteiger charge is 2.34. The molecular formula is C30H24ClF3N4O4S. The van der Waals surface area contributed by atoms with Crippen molar-refractivity contribution in [1.29, 1.82) is 0 Å². The molecule has 0 radical (unpaired) electrons. The standard InChI is InChI=1S/C30H24ClF3N4O4S/c1-20(21-12-15-24(16-13-21)35-29(40)22-8-4-2-5-9-22)36-37-28(39)19-38(43(41,42)25-10-6-3-7-11-25)27-18-23(30(32,33)34)14-17-26(27)31/h2-18H,19H2,1H3,(H,35,40)(H,37,39)/b36-20-. The molecule has 0 fully saturated rings. The molecule has 0 aliphatic rings. The number of nitrogens with zero attached hydrogens (tertiary/aromatic N) is 2. The van der Waals surface area contributed by atoms with Gasteiger partial charge in [0.25, 0.3) is 21.8 Å². The molecule has 8 nitrogen and oxygen atoms in total. The highest BCUT2D eigenvalue weighted by Crippen LogP contribution is 2.37. The van der Waals surface area contributed by atoms with E-state index in [2.05, 4.69) is 15.8 Å². The maximum Gasteiger partial charge on any atom is 0.416 e. The Bertz CT molecular complexity index is 1750. The summed E-state index contributed by atoms with van der Waals surface area (Å²) in [6, 6.07) is 24.4. The van der Waals surface area contributed by atoms with Crippen LogP contribution in [0.3, 0.4) is 0 Å². The van der Waals surface area contributed by atoms with Gasteiger partial charge in [-0.25, -0.2) is 13.8 Å². The van der Waals surface area contributed by atoms with Gasteiger partial charge in [-0.15, -0.1) is 0 Å². The molecule has 0 atom stereocenters. The van der Waals surface area contributed by atoms with E-state index in [9.17, 15) is 31.2 Å². The molecule has 4 aromatic rings. The summed E-state index contributed by atoms with van der Waals surface area (Å²) in [5.74, 6) is -1.22. The minimum Gasteiger partial charge on any atom is -0.322 e. The number of benzene rings is 4. The van der Waals surface area contributed by atoms with Crippen LogP contribution < -0.4 is 15.0 Å². The molecule has 2 N–H and O–H groups in total. The zero-order valence-corrected chi connectivity index (χ0v) is 24.0. The van der Waals surface area contributed by atoms with Crippen LogP contribution in [0.1, 0.15) is 28.4 Å². The van der Waals surface area contributed by atoms with E-state index in [1.165, 1.54) is 24.3 Å². The molecule has 43 heavy (non-hydrogen) atoms. The van der Waals surface area contributed by atoms with Crippen molar-refractivity contribution in [3.05, 3.63) is 125 Å². The van der Waals surface area contributed by atoms with E-state index in [4.69, 9.17) is 11.6 Å². The van der Waals surface area contributed by atoms with Crippen molar-refractivity contribution in [3.63, 3.8) is 0 Å². The van der Waals surface area contributed by atoms with Gasteiger partial charge in [0, 0.05) is 11.3 Å². The summed E-state index contributed by atoms with van der Waals surface area (Å²) in [4.78, 5) is 25.0. The van der Waals surface area contributed by atoms with Crippen LogP contribution in [0, 0.1) is 0 Å². The molecule has 4 rings (SSSR count). The topological polar surface area (TPSA) is 108 Å². The van der Waals surface area contributed by atoms with Crippen LogP contribution >= 0.6 is 11.6 Å². The first-order chi connectivity index (χ1) is 20.4. The summed E-state index contributed by atoms with van der Waals surface area (Å²) >= 11 is 6.15. The summed E-state index contributed by atoms with van der Waals surface area (Å²) in [5.41, 5.74) is 2.50. The van der Waals surface area contributed by atoms with Gasteiger partial charge in [-0.2, -0.15) is 18.3 Å². The van der Waals surface area contributed by atoms with Crippen LogP contribution in [0.5, 0.6) is 0 Å². The van der Waals surface area contributed by atoms with Crippen LogP contribution in [-0.2, 0) is 21.0 Å². The summed E-state index contributed by atoms with van der Waals surface area (Å²) < 4.78 is 67.8. The molecule has 0 saturated carbocycles. The van der Waals surface area contributed by atoms with E-state index in [1.54, 1.807) is 67.6 Å². The second-order valence-electron chi connectivity index (χ2n) is 9.12. The van der Waals surface area contributed by atoms with Gasteiger partial charge in [0.05, 0.1) is 26.9 Å². The Hall–Kier alpha value is -4.68. The number of carbonyl (C=O) groups is 2. The van der Waals surface area contributed by atoms with Crippen molar-refractivity contribution >= 4 is 50.5 Å². The first kappa shape index (κ1) is 31.3. The fourth-order valence-corrected chi connectivity index (χ4v) is 5.59. The zero-order valence-electron chi connectivity index (χ0n) is 22.5. The lowest BCUT2D eigenvalue weighted by atomic mass is 10.1. The number of hydrogen-bond acceptors (Lipinski definition) is 5. The predicted octanol–water partition coefficient (Wildman–Crippen LogP) is 6.35. The number of rotatable bonds is 9. The van der Waals surface area contributed by atoms with Crippen molar-refractivity contribution in [2.24, 2.45) is 5.10 Å². The summed E-state index contributed by atoms with van der Waals surface area (Å²) in [5, 5.41) is 6.47. The number of sulfonamides is 1. The number of carbonyl (C=O) groups excluding carboxylic acids is 2. The van der Waals surface area contributed by atoms with Crippen molar-refractivity contribution < 1.29 is 31.2 Å². The molecule has 2 amide bonds. The molecule has 222 valence electrons. The summed E-state index contributed by atoms with van der Waals surface area (Å²) in [6.07, 6.45) is -4.79. The van der Waals surface area contributed by atoms with Crippen LogP contribution in [0.15, 0.2) is 113 Å². The Morgan fingerprint density at radius 2 is 1.47 bits per heavy atom. The molecule has 0 unspecified atom stereocenters. The molecule has 0 saturated heterocycles. The number of hydrogen-bond donors (Lipinski definition) is 2. The van der Waals surface area contributed by atoms with E-state index in [1.807, 2.05) is 0 Å². The largest absolute Gasteiger partial charge is 0.416 e. The van der Waals surface area contributed by atoms with Crippen LogP contribution in [-0.4, -0.2) is 32.5 Å². The van der Waals surface area contributed by atoms with E-state index < -0.39 is 39.9 Å². The average molecular weight is 629 g/mol. The van der Waals surface area contributed by atoms with Crippen molar-refractivity contribution in [1.82, 2.24) is 5.43 Å². The lowest BCUT2D eigenvalue weighted by Crippen LogP contribution is -2.40. The molecule has 0 aromatic heterocycles. The fraction of sp³-hybridized carbons (Fsp3) is 0.100. The quantitative estimate of drug-likeness (QED) is 0.166. The van der Waals surface area contributed by atoms with Gasteiger partial charge in [0.2, 0.25) is 0 Å². The van der Waals surface area contributed by atoms with Crippen LogP contribution in [0.4, 0.5) is 24.5 Å². The minimum absolute atomic E-state index is 0.254. The second-order valence-corrected chi connectivity index (χ2v) is 11.4. The lowest BCUT2D eigenvalue weighted by molar-refractivity contribution is -0.137. The lowest BCUT2D eigenvalue weighted by Gasteiger charge is -2.25. The number of amides is 2. The predicted molar refractivity (Wildman–Crippen MR) is 159 cm³/mol. The number of hydrazone groups is 1. The fourth-order valence-electron chi connectivity index (χ4n) is 3.86.